The minimum atomic E-state index is -0.623. The highest BCUT2D eigenvalue weighted by molar-refractivity contribution is 9.10. The molecule has 0 spiro atoms. The van der Waals surface area contributed by atoms with Gasteiger partial charge in [0.05, 0.1) is 17.1 Å². The second-order valence-electron chi connectivity index (χ2n) is 4.70. The number of benzene rings is 2. The molecule has 3 aromatic rings. The number of imidazole rings is 1. The molecule has 0 aliphatic rings. The van der Waals surface area contributed by atoms with Gasteiger partial charge in [0.25, 0.3) is 0 Å². The molecule has 1 aromatic heterocycles. The van der Waals surface area contributed by atoms with Crippen LogP contribution in [-0.2, 0) is 0 Å². The maximum absolute atomic E-state index is 10.1. The van der Waals surface area contributed by atoms with Crippen LogP contribution in [0.3, 0.4) is 0 Å². The Morgan fingerprint density at radius 1 is 1.24 bits per heavy atom. The van der Waals surface area contributed by atoms with E-state index in [0.29, 0.717) is 17.5 Å². The molecule has 0 saturated carbocycles. The van der Waals surface area contributed by atoms with Gasteiger partial charge in [0.15, 0.2) is 0 Å². The summed E-state index contributed by atoms with van der Waals surface area (Å²) in [5.74, 6) is 0.635. The number of hydrogen-bond donors (Lipinski definition) is 3. The Kier molecular flexibility index (Phi) is 4.14. The molecule has 1 unspecified atom stereocenters. The Balaban J connectivity index is 1.69. The summed E-state index contributed by atoms with van der Waals surface area (Å²) in [5, 5.41) is 13.9. The largest absolute Gasteiger partial charge is 0.387 e. The summed E-state index contributed by atoms with van der Waals surface area (Å²) in [7, 11) is 0. The van der Waals surface area contributed by atoms with Crippen LogP contribution >= 0.6 is 27.5 Å². The smallest absolute Gasteiger partial charge is 0.201 e. The molecule has 1 heterocycles. The number of hydrogen-bond acceptors (Lipinski definition) is 3. The number of aromatic amines is 1. The third kappa shape index (κ3) is 3.37. The van der Waals surface area contributed by atoms with E-state index < -0.39 is 6.10 Å². The number of aliphatic hydroxyl groups excluding tert-OH is 1. The summed E-state index contributed by atoms with van der Waals surface area (Å²) in [4.78, 5) is 7.58. The van der Waals surface area contributed by atoms with Gasteiger partial charge in [-0.1, -0.05) is 39.7 Å². The number of aliphatic hydroxyl groups is 1. The van der Waals surface area contributed by atoms with E-state index in [1.54, 1.807) is 12.1 Å². The molecule has 0 saturated heterocycles. The van der Waals surface area contributed by atoms with Gasteiger partial charge in [-0.3, -0.25) is 0 Å². The molecule has 0 bridgehead atoms. The minimum Gasteiger partial charge on any atom is -0.387 e. The molecule has 2 aromatic carbocycles. The molecule has 4 nitrogen and oxygen atoms in total. The van der Waals surface area contributed by atoms with Crippen molar-refractivity contribution >= 4 is 44.5 Å². The lowest BCUT2D eigenvalue weighted by Gasteiger charge is -2.11. The normalized spacial score (nSPS) is 12.5. The second kappa shape index (κ2) is 6.05. The van der Waals surface area contributed by atoms with E-state index in [4.69, 9.17) is 11.6 Å². The topological polar surface area (TPSA) is 60.9 Å². The van der Waals surface area contributed by atoms with Gasteiger partial charge < -0.3 is 15.4 Å². The van der Waals surface area contributed by atoms with Gasteiger partial charge in [-0.25, -0.2) is 4.98 Å². The number of nitrogens with one attached hydrogen (secondary N) is 2. The first kappa shape index (κ1) is 14.4. The minimum absolute atomic E-state index is 0.364. The van der Waals surface area contributed by atoms with E-state index in [2.05, 4.69) is 31.2 Å². The van der Waals surface area contributed by atoms with E-state index in [0.717, 1.165) is 21.1 Å². The van der Waals surface area contributed by atoms with E-state index in [9.17, 15) is 5.11 Å². The fourth-order valence-corrected chi connectivity index (χ4v) is 2.55. The number of rotatable bonds is 4. The fraction of sp³-hybridized carbons (Fsp3) is 0.133. The number of aromatic nitrogens is 2. The van der Waals surface area contributed by atoms with Crippen molar-refractivity contribution in [1.82, 2.24) is 9.97 Å². The van der Waals surface area contributed by atoms with E-state index in [-0.39, 0.29) is 0 Å². The van der Waals surface area contributed by atoms with Gasteiger partial charge in [0, 0.05) is 16.0 Å². The summed E-state index contributed by atoms with van der Waals surface area (Å²) in [6.45, 7) is 0.364. The van der Waals surface area contributed by atoms with Gasteiger partial charge >= 0.3 is 0 Å². The molecule has 3 rings (SSSR count). The van der Waals surface area contributed by atoms with Crippen LogP contribution in [0.4, 0.5) is 5.95 Å². The first-order valence-electron chi connectivity index (χ1n) is 6.44. The number of halogens is 2. The molecule has 0 aliphatic carbocycles. The van der Waals surface area contributed by atoms with Crippen LogP contribution < -0.4 is 5.32 Å². The van der Waals surface area contributed by atoms with Gasteiger partial charge in [0.1, 0.15) is 0 Å². The SMILES string of the molecule is OC(CNc1nc2ccc(Br)cc2[nH]1)c1ccc(Cl)cc1. The molecule has 3 N–H and O–H groups in total. The van der Waals surface area contributed by atoms with Crippen LogP contribution in [0.1, 0.15) is 11.7 Å². The lowest BCUT2D eigenvalue weighted by atomic mass is 10.1. The first-order chi connectivity index (χ1) is 10.1. The van der Waals surface area contributed by atoms with Crippen LogP contribution in [0.2, 0.25) is 5.02 Å². The van der Waals surface area contributed by atoms with Crippen molar-refractivity contribution in [2.24, 2.45) is 0 Å². The highest BCUT2D eigenvalue weighted by atomic mass is 79.9. The molecule has 0 amide bonds. The zero-order chi connectivity index (χ0) is 14.8. The third-order valence-electron chi connectivity index (χ3n) is 3.16. The monoisotopic (exact) mass is 365 g/mol. The quantitative estimate of drug-likeness (QED) is 0.651. The highest BCUT2D eigenvalue weighted by Gasteiger charge is 2.09. The predicted octanol–water partition coefficient (Wildman–Crippen LogP) is 4.12. The van der Waals surface area contributed by atoms with Crippen molar-refractivity contribution in [2.75, 3.05) is 11.9 Å². The standard InChI is InChI=1S/C15H13BrClN3O/c16-10-3-6-12-13(7-10)20-15(19-12)18-8-14(21)9-1-4-11(17)5-2-9/h1-7,14,21H,8H2,(H2,18,19,20). The van der Waals surface area contributed by atoms with Crippen molar-refractivity contribution in [1.29, 1.82) is 0 Å². The number of anilines is 1. The van der Waals surface area contributed by atoms with E-state index >= 15 is 0 Å². The van der Waals surface area contributed by atoms with Crippen LogP contribution in [-0.4, -0.2) is 21.6 Å². The maximum atomic E-state index is 10.1. The highest BCUT2D eigenvalue weighted by Crippen LogP contribution is 2.20. The molecule has 0 fully saturated rings. The molecule has 1 atom stereocenters. The molecule has 0 aliphatic heterocycles. The van der Waals surface area contributed by atoms with Gasteiger partial charge in [-0.2, -0.15) is 0 Å². The number of H-pyrrole nitrogens is 1. The average molecular weight is 367 g/mol. The zero-order valence-electron chi connectivity index (χ0n) is 11.0. The van der Waals surface area contributed by atoms with Crippen molar-refractivity contribution in [3.05, 3.63) is 57.5 Å². The summed E-state index contributed by atoms with van der Waals surface area (Å²) in [5.41, 5.74) is 2.63. The van der Waals surface area contributed by atoms with Crippen molar-refractivity contribution in [3.8, 4) is 0 Å². The Hall–Kier alpha value is -1.56. The summed E-state index contributed by atoms with van der Waals surface area (Å²) in [6, 6.07) is 13.0. The third-order valence-corrected chi connectivity index (χ3v) is 3.91. The van der Waals surface area contributed by atoms with Crippen LogP contribution in [0, 0.1) is 0 Å². The predicted molar refractivity (Wildman–Crippen MR) is 88.7 cm³/mol. The first-order valence-corrected chi connectivity index (χ1v) is 7.61. The molecule has 108 valence electrons. The average Bonchev–Trinajstić information content (AvgIpc) is 2.87. The van der Waals surface area contributed by atoms with Crippen LogP contribution in [0.5, 0.6) is 0 Å². The lowest BCUT2D eigenvalue weighted by Crippen LogP contribution is -2.12. The zero-order valence-corrected chi connectivity index (χ0v) is 13.3. The fourth-order valence-electron chi connectivity index (χ4n) is 2.06. The van der Waals surface area contributed by atoms with Gasteiger partial charge in [-0.15, -0.1) is 0 Å². The summed E-state index contributed by atoms with van der Waals surface area (Å²) >= 11 is 9.25. The Labute approximate surface area is 135 Å². The Morgan fingerprint density at radius 3 is 2.76 bits per heavy atom. The lowest BCUT2D eigenvalue weighted by molar-refractivity contribution is 0.191. The molecular weight excluding hydrogens is 354 g/mol. The van der Waals surface area contributed by atoms with Crippen LogP contribution in [0.15, 0.2) is 46.9 Å². The Bertz CT molecular complexity index is 757. The van der Waals surface area contributed by atoms with Crippen molar-refractivity contribution in [3.63, 3.8) is 0 Å². The summed E-state index contributed by atoms with van der Waals surface area (Å²) < 4.78 is 0.992. The van der Waals surface area contributed by atoms with Crippen molar-refractivity contribution < 1.29 is 5.11 Å². The van der Waals surface area contributed by atoms with E-state index in [1.165, 1.54) is 0 Å². The Morgan fingerprint density at radius 2 is 2.00 bits per heavy atom. The molecule has 21 heavy (non-hydrogen) atoms. The maximum Gasteiger partial charge on any atom is 0.201 e. The van der Waals surface area contributed by atoms with Gasteiger partial charge in [-0.05, 0) is 35.9 Å². The van der Waals surface area contributed by atoms with Crippen molar-refractivity contribution in [2.45, 2.75) is 6.10 Å². The van der Waals surface area contributed by atoms with E-state index in [1.807, 2.05) is 30.3 Å². The van der Waals surface area contributed by atoms with Gasteiger partial charge in [0.2, 0.25) is 5.95 Å². The summed E-state index contributed by atoms with van der Waals surface area (Å²) in [6.07, 6.45) is -0.623. The molecule has 6 heteroatoms. The molecular formula is C15H13BrClN3O. The van der Waals surface area contributed by atoms with Crippen LogP contribution in [0.25, 0.3) is 11.0 Å². The number of nitrogens with zero attached hydrogens (tertiary/aromatic N) is 1. The molecule has 0 radical (unpaired) electrons. The number of fused-ring (bicyclic) bond motifs is 1. The second-order valence-corrected chi connectivity index (χ2v) is 6.05.